The lowest BCUT2D eigenvalue weighted by atomic mass is 9.93. The van der Waals surface area contributed by atoms with Crippen molar-refractivity contribution in [1.82, 2.24) is 16.0 Å². The maximum Gasteiger partial charge on any atom is 0.220 e. The van der Waals surface area contributed by atoms with Gasteiger partial charge >= 0.3 is 0 Å². The highest BCUT2D eigenvalue weighted by molar-refractivity contribution is 5.76. The largest absolute Gasteiger partial charge is 0.394 e. The number of hydrogen-bond donors (Lipinski definition) is 25. The lowest BCUT2D eigenvalue weighted by Gasteiger charge is -2.52. The molecule has 8 aliphatic heterocycles. The molecule has 8 fully saturated rings. The van der Waals surface area contributed by atoms with Crippen molar-refractivity contribution in [3.63, 3.8) is 0 Å². The van der Waals surface area contributed by atoms with Gasteiger partial charge in [-0.1, -0.05) is 231 Å². The van der Waals surface area contributed by atoms with E-state index in [-0.39, 0.29) is 12.3 Å². The highest BCUT2D eigenvalue weighted by Crippen LogP contribution is 2.42. The maximum atomic E-state index is 13.8. The quantitative estimate of drug-likeness (QED) is 0.0241. The van der Waals surface area contributed by atoms with Gasteiger partial charge in [0.1, 0.15) is 183 Å². The van der Waals surface area contributed by atoms with Crippen molar-refractivity contribution in [2.75, 3.05) is 46.2 Å². The fourth-order valence-corrected chi connectivity index (χ4v) is 19.4. The van der Waals surface area contributed by atoms with Crippen LogP contribution in [0.1, 0.15) is 273 Å². The first-order chi connectivity index (χ1) is 67.2. The van der Waals surface area contributed by atoms with Crippen molar-refractivity contribution >= 4 is 17.7 Å². The number of carbonyl (C=O) groups is 3. The van der Waals surface area contributed by atoms with Crippen LogP contribution in [0, 0.1) is 0 Å². The Hall–Kier alpha value is -3.37. The standard InChI is InChI=1S/C96H173N3O41/c1-7-9-11-13-15-17-19-21-22-23-24-25-26-27-28-29-30-32-34-36-38-40-42-44-64(109)99-56(57(108)43-41-39-37-35-33-31-20-18-16-14-12-10-8-2)51-125-91-79(122)75(118)82(61(48-103)133-91)134-95-80(123)87(70(113)59(46-101)129-95)139-90-66(98-55(6)107)86(84(63(50-105)132-90)136-93-77(120)73(116)68(111)53(4)127-93)138-96-81(124)88(71(114)60(47-102)130-96)140-89-65(97-54(5)106)85(137-94-78(121)74(117)69(112)58(45-100)128-94)83(62(49-104)131-89)135-92-76(119)72(115)67(110)52(3)126-92/h41,43,52-53,56-63,65-96,100-105,108,110-124H,7-40,42,44-51H2,1-6H3,(H,97,106)(H,98,107)(H,99,109)/b43-41+/t52?,53?,56-,57+,58?,59?,60?,61?,62?,63?,65?,66?,67+,68+,69-,70-,71-,72?,73?,74-,75+,76-,77-,78?,79?,80?,81?,82+,83+,84+,85+,86+,87-,88-,89-,90-,91+,92+,93+,94-,95-,96-/m0/s1. The van der Waals surface area contributed by atoms with Crippen LogP contribution in [0.25, 0.3) is 0 Å². The number of hydrogen-bond acceptors (Lipinski definition) is 41. The molecule has 0 radical (unpaired) electrons. The second-order valence-corrected chi connectivity index (χ2v) is 39.1. The van der Waals surface area contributed by atoms with Crippen LogP contribution in [0.5, 0.6) is 0 Å². The molecule has 44 nitrogen and oxygen atoms in total. The first-order valence-corrected chi connectivity index (χ1v) is 51.7. The van der Waals surface area contributed by atoms with E-state index in [1.165, 1.54) is 168 Å². The van der Waals surface area contributed by atoms with E-state index in [0.29, 0.717) is 12.8 Å². The summed E-state index contributed by atoms with van der Waals surface area (Å²) >= 11 is 0. The molecular weight excluding hydrogens is 1850 g/mol. The van der Waals surface area contributed by atoms with Crippen LogP contribution in [0.3, 0.4) is 0 Å². The molecule has 42 atom stereocenters. The van der Waals surface area contributed by atoms with Crippen molar-refractivity contribution in [2.24, 2.45) is 0 Å². The first-order valence-electron chi connectivity index (χ1n) is 51.7. The Labute approximate surface area is 821 Å². The van der Waals surface area contributed by atoms with E-state index in [0.717, 1.165) is 71.6 Å². The molecule has 818 valence electrons. The fourth-order valence-electron chi connectivity index (χ4n) is 19.4. The molecule has 0 spiro atoms. The van der Waals surface area contributed by atoms with Crippen molar-refractivity contribution < 1.29 is 203 Å². The molecule has 0 bridgehead atoms. The third-order valence-electron chi connectivity index (χ3n) is 27.9. The zero-order valence-corrected chi connectivity index (χ0v) is 82.4. The van der Waals surface area contributed by atoms with E-state index in [1.54, 1.807) is 6.08 Å². The van der Waals surface area contributed by atoms with Gasteiger partial charge in [0.05, 0.1) is 70.6 Å². The molecule has 8 heterocycles. The van der Waals surface area contributed by atoms with Crippen LogP contribution in [-0.2, 0) is 90.2 Å². The third-order valence-corrected chi connectivity index (χ3v) is 27.9. The van der Waals surface area contributed by atoms with E-state index in [1.807, 2.05) is 6.08 Å². The minimum Gasteiger partial charge on any atom is -0.394 e. The van der Waals surface area contributed by atoms with Crippen LogP contribution in [-0.4, -0.2) is 434 Å². The lowest BCUT2D eigenvalue weighted by Crippen LogP contribution is -2.72. The second-order valence-electron chi connectivity index (χ2n) is 39.1. The van der Waals surface area contributed by atoms with Crippen molar-refractivity contribution in [1.29, 1.82) is 0 Å². The number of unbranched alkanes of at least 4 members (excludes halogenated alkanes) is 33. The predicted octanol–water partition coefficient (Wildman–Crippen LogP) is -1.60. The zero-order valence-electron chi connectivity index (χ0n) is 82.4. The molecule has 25 N–H and O–H groups in total. The molecule has 8 rings (SSSR count). The Balaban J connectivity index is 0.972. The zero-order chi connectivity index (χ0) is 102. The summed E-state index contributed by atoms with van der Waals surface area (Å²) in [5.41, 5.74) is 0. The number of amides is 3. The Bertz CT molecular complexity index is 3380. The molecule has 0 aromatic heterocycles. The summed E-state index contributed by atoms with van der Waals surface area (Å²) in [7, 11) is 0. The van der Waals surface area contributed by atoms with Crippen LogP contribution in [0.15, 0.2) is 12.2 Å². The van der Waals surface area contributed by atoms with E-state index in [4.69, 9.17) is 75.8 Å². The van der Waals surface area contributed by atoms with Crippen LogP contribution < -0.4 is 16.0 Å². The Morgan fingerprint density at radius 2 is 0.571 bits per heavy atom. The minimum absolute atomic E-state index is 0.138. The molecule has 0 saturated carbocycles. The number of aliphatic hydroxyl groups excluding tert-OH is 22. The van der Waals surface area contributed by atoms with E-state index >= 15 is 0 Å². The Morgan fingerprint density at radius 1 is 0.293 bits per heavy atom. The van der Waals surface area contributed by atoms with Gasteiger partial charge in [-0.15, -0.1) is 0 Å². The van der Waals surface area contributed by atoms with Gasteiger partial charge in [0.25, 0.3) is 0 Å². The summed E-state index contributed by atoms with van der Waals surface area (Å²) in [6, 6.07) is -5.16. The molecule has 3 amide bonds. The smallest absolute Gasteiger partial charge is 0.220 e. The molecule has 0 aromatic rings. The average Bonchev–Trinajstić information content (AvgIpc) is 0.752. The van der Waals surface area contributed by atoms with Crippen molar-refractivity contribution in [3.8, 4) is 0 Å². The normalized spacial score (nSPS) is 38.8. The van der Waals surface area contributed by atoms with Crippen molar-refractivity contribution in [3.05, 3.63) is 12.2 Å². The van der Waals surface area contributed by atoms with Gasteiger partial charge in [-0.25, -0.2) is 0 Å². The third kappa shape index (κ3) is 36.2. The maximum absolute atomic E-state index is 13.8. The van der Waals surface area contributed by atoms with Crippen LogP contribution >= 0.6 is 0 Å². The summed E-state index contributed by atoms with van der Waals surface area (Å²) in [6.45, 7) is 1.77. The van der Waals surface area contributed by atoms with E-state index < -0.39 is 316 Å². The highest BCUT2D eigenvalue weighted by Gasteiger charge is 2.62. The van der Waals surface area contributed by atoms with Gasteiger partial charge in [0.2, 0.25) is 17.7 Å². The number of rotatable bonds is 64. The van der Waals surface area contributed by atoms with E-state index in [2.05, 4.69) is 29.8 Å². The molecule has 140 heavy (non-hydrogen) atoms. The first kappa shape index (κ1) is 122. The lowest BCUT2D eigenvalue weighted by molar-refractivity contribution is -0.399. The Kier molecular flexibility index (Phi) is 55.9. The Morgan fingerprint density at radius 3 is 0.929 bits per heavy atom. The molecule has 44 heteroatoms. The summed E-state index contributed by atoms with van der Waals surface area (Å²) in [5.74, 6) is -2.33. The number of aliphatic hydroxyl groups is 22. The van der Waals surface area contributed by atoms with Gasteiger partial charge in [-0.05, 0) is 33.1 Å². The van der Waals surface area contributed by atoms with Gasteiger partial charge in [-0.2, -0.15) is 0 Å². The monoisotopic (exact) mass is 2020 g/mol. The molecule has 0 aliphatic carbocycles. The predicted molar refractivity (Wildman–Crippen MR) is 493 cm³/mol. The number of carbonyl (C=O) groups excluding carboxylic acids is 3. The topological polar surface area (TPSA) is 680 Å². The van der Waals surface area contributed by atoms with Crippen LogP contribution in [0.4, 0.5) is 0 Å². The average molecular weight is 2030 g/mol. The molecule has 16 unspecified atom stereocenters. The number of allylic oxidation sites excluding steroid dienone is 1. The summed E-state index contributed by atoms with van der Waals surface area (Å²) < 4.78 is 98.0. The van der Waals surface area contributed by atoms with Gasteiger partial charge in [0.15, 0.2) is 50.3 Å². The highest BCUT2D eigenvalue weighted by atomic mass is 16.8. The SMILES string of the molecule is CCCCCCCCCCCCC/C=C/[C@@H](O)[C@H](CO[C@@H]1OC(CO)[C@@H](O[C@@H]2OC(CO)[C@H](O)[C@H](O[C@@H]3OC(CO)[C@@H](O[C@H]4OC(C)[C@@H](O)C(O)[C@@H]4O)[C@H](O[C@@H]4OC(CO)[C@H](O)[C@H](O[C@@H]5OC(CO)[C@@H](O[C@H]6OC(C)[C@@H](O)C(O)[C@@H]6O)[C@H](O[C@@H]6OC(CO)[C@H](O)[C@H](O)C6O)C5NC(C)=O)C4O)C3NC(C)=O)C2O)[C@H](O)C1O)NC(=O)CCCCCCCCCCCCCCCCCCCCCCCCC. The minimum atomic E-state index is -2.50. The van der Waals surface area contributed by atoms with Gasteiger partial charge in [-0.3, -0.25) is 14.4 Å². The fraction of sp³-hybridized carbons (Fsp3) is 0.948. The molecule has 8 aliphatic rings. The van der Waals surface area contributed by atoms with Gasteiger partial charge in [0, 0.05) is 20.3 Å². The van der Waals surface area contributed by atoms with Gasteiger partial charge < -0.3 is 204 Å². The number of nitrogens with one attached hydrogen (secondary N) is 3. The molecular formula is C96H173N3O41. The molecule has 8 saturated heterocycles. The molecule has 0 aromatic carbocycles. The van der Waals surface area contributed by atoms with Crippen molar-refractivity contribution in [2.45, 2.75) is 530 Å². The van der Waals surface area contributed by atoms with E-state index in [9.17, 15) is 127 Å². The second kappa shape index (κ2) is 64.2. The summed E-state index contributed by atoms with van der Waals surface area (Å²) in [6.07, 6.45) is -33.0. The summed E-state index contributed by atoms with van der Waals surface area (Å²) in [5, 5.41) is 258. The summed E-state index contributed by atoms with van der Waals surface area (Å²) in [4.78, 5) is 41.0. The van der Waals surface area contributed by atoms with Crippen LogP contribution in [0.2, 0.25) is 0 Å². The number of ether oxygens (including phenoxy) is 16.